The fourth-order valence-electron chi connectivity index (χ4n) is 2.61. The summed E-state index contributed by atoms with van der Waals surface area (Å²) >= 11 is 2.20. The van der Waals surface area contributed by atoms with Crippen LogP contribution in [0.1, 0.15) is 58.1 Å². The molecule has 2 aromatic heterocycles. The predicted molar refractivity (Wildman–Crippen MR) is 108 cm³/mol. The van der Waals surface area contributed by atoms with Gasteiger partial charge < -0.3 is 20.4 Å². The summed E-state index contributed by atoms with van der Waals surface area (Å²) < 4.78 is 6.72. The molecule has 2 heterocycles. The summed E-state index contributed by atoms with van der Waals surface area (Å²) in [5, 5.41) is 11.9. The lowest BCUT2D eigenvalue weighted by Gasteiger charge is -2.09. The van der Waals surface area contributed by atoms with Crippen LogP contribution in [-0.4, -0.2) is 45.4 Å². The number of rotatable bonds is 8. The lowest BCUT2D eigenvalue weighted by atomic mass is 10.1. The van der Waals surface area contributed by atoms with E-state index in [0.717, 1.165) is 17.2 Å². The summed E-state index contributed by atoms with van der Waals surface area (Å²) in [7, 11) is 1.23. The van der Waals surface area contributed by atoms with Gasteiger partial charge in [-0.05, 0) is 19.4 Å². The molecule has 0 atom stereocenters. The summed E-state index contributed by atoms with van der Waals surface area (Å²) in [5.41, 5.74) is 5.87. The summed E-state index contributed by atoms with van der Waals surface area (Å²) in [4.78, 5) is 36.3. The highest BCUT2D eigenvalue weighted by Crippen LogP contribution is 2.33. The average molecular weight is 426 g/mol. The number of thioether (sulfide) groups is 1. The summed E-state index contributed by atoms with van der Waals surface area (Å²) in [6.07, 6.45) is 0. The Balaban J connectivity index is 2.17. The van der Waals surface area contributed by atoms with Gasteiger partial charge in [0.25, 0.3) is 5.91 Å². The van der Waals surface area contributed by atoms with E-state index in [4.69, 9.17) is 10.5 Å². The van der Waals surface area contributed by atoms with Crippen LogP contribution in [-0.2, 0) is 16.1 Å². The molecule has 0 bridgehead atoms. The molecule has 152 valence electrons. The number of anilines is 1. The lowest BCUT2D eigenvalue weighted by molar-refractivity contribution is -0.113. The first kappa shape index (κ1) is 21.9. The Kier molecular flexibility index (Phi) is 7.19. The van der Waals surface area contributed by atoms with Gasteiger partial charge in [-0.25, -0.2) is 4.79 Å². The van der Waals surface area contributed by atoms with Crippen LogP contribution >= 0.6 is 23.1 Å². The molecule has 2 rings (SSSR count). The van der Waals surface area contributed by atoms with Gasteiger partial charge >= 0.3 is 5.97 Å². The second-order valence-corrected chi connectivity index (χ2v) is 8.16. The second-order valence-electron chi connectivity index (χ2n) is 6.19. The van der Waals surface area contributed by atoms with Crippen molar-refractivity contribution >= 4 is 45.9 Å². The van der Waals surface area contributed by atoms with Crippen molar-refractivity contribution in [3.63, 3.8) is 0 Å². The quantitative estimate of drug-likeness (QED) is 0.491. The van der Waals surface area contributed by atoms with E-state index in [0.29, 0.717) is 17.3 Å². The van der Waals surface area contributed by atoms with E-state index in [1.54, 1.807) is 6.92 Å². The zero-order valence-corrected chi connectivity index (χ0v) is 18.0. The maximum Gasteiger partial charge on any atom is 0.341 e. The molecule has 0 saturated heterocycles. The third kappa shape index (κ3) is 4.53. The molecular formula is C17H23N5O4S2. The number of nitrogens with two attached hydrogens (primary N) is 1. The van der Waals surface area contributed by atoms with Gasteiger partial charge in [-0.1, -0.05) is 25.6 Å². The molecule has 0 spiro atoms. The number of carbonyl (C=O) groups excluding carboxylic acids is 3. The second kappa shape index (κ2) is 9.20. The summed E-state index contributed by atoms with van der Waals surface area (Å²) in [6.45, 7) is 8.33. The van der Waals surface area contributed by atoms with Crippen LogP contribution < -0.4 is 11.1 Å². The number of amides is 2. The predicted octanol–water partition coefficient (Wildman–Crippen LogP) is 2.41. The van der Waals surface area contributed by atoms with E-state index in [-0.39, 0.29) is 33.0 Å². The largest absolute Gasteiger partial charge is 0.465 e. The first-order valence-electron chi connectivity index (χ1n) is 8.58. The Hall–Kier alpha value is -2.40. The summed E-state index contributed by atoms with van der Waals surface area (Å²) in [6, 6.07) is 0. The highest BCUT2D eigenvalue weighted by molar-refractivity contribution is 7.99. The van der Waals surface area contributed by atoms with E-state index in [2.05, 4.69) is 15.5 Å². The third-order valence-electron chi connectivity index (χ3n) is 3.92. The van der Waals surface area contributed by atoms with Gasteiger partial charge in [0.15, 0.2) is 5.16 Å². The Morgan fingerprint density at radius 3 is 2.54 bits per heavy atom. The number of methoxy groups -OCH3 is 1. The molecule has 0 radical (unpaired) electrons. The number of esters is 1. The number of ether oxygens (including phenoxy) is 1. The van der Waals surface area contributed by atoms with Crippen molar-refractivity contribution in [3.8, 4) is 0 Å². The fourth-order valence-corrected chi connectivity index (χ4v) is 4.48. The molecular weight excluding hydrogens is 402 g/mol. The molecule has 0 aromatic carbocycles. The van der Waals surface area contributed by atoms with Crippen molar-refractivity contribution in [3.05, 3.63) is 21.8 Å². The van der Waals surface area contributed by atoms with Gasteiger partial charge in [-0.3, -0.25) is 9.59 Å². The van der Waals surface area contributed by atoms with Crippen molar-refractivity contribution in [1.82, 2.24) is 14.8 Å². The van der Waals surface area contributed by atoms with Crippen LogP contribution in [0.4, 0.5) is 5.00 Å². The third-order valence-corrected chi connectivity index (χ3v) is 6.11. The fraction of sp³-hybridized carbons (Fsp3) is 0.471. The molecule has 2 amide bonds. The van der Waals surface area contributed by atoms with E-state index < -0.39 is 11.9 Å². The first-order chi connectivity index (χ1) is 13.2. The number of thiophene rings is 1. The zero-order chi connectivity index (χ0) is 21.0. The Morgan fingerprint density at radius 1 is 1.32 bits per heavy atom. The number of hydrogen-bond donors (Lipinski definition) is 2. The number of hydrogen-bond acceptors (Lipinski definition) is 8. The van der Waals surface area contributed by atoms with Gasteiger partial charge in [0, 0.05) is 12.5 Å². The van der Waals surface area contributed by atoms with Crippen molar-refractivity contribution in [2.75, 3.05) is 18.2 Å². The van der Waals surface area contributed by atoms with E-state index in [1.165, 1.54) is 18.9 Å². The van der Waals surface area contributed by atoms with Gasteiger partial charge in [0.2, 0.25) is 5.91 Å². The molecule has 2 aromatic rings. The van der Waals surface area contributed by atoms with Gasteiger partial charge in [0.1, 0.15) is 10.8 Å². The van der Waals surface area contributed by atoms with Crippen LogP contribution in [0.5, 0.6) is 0 Å². The van der Waals surface area contributed by atoms with E-state index in [9.17, 15) is 14.4 Å². The topological polar surface area (TPSA) is 129 Å². The van der Waals surface area contributed by atoms with Crippen molar-refractivity contribution in [1.29, 1.82) is 0 Å². The normalized spacial score (nSPS) is 10.9. The minimum Gasteiger partial charge on any atom is -0.465 e. The minimum absolute atomic E-state index is 0.0691. The minimum atomic E-state index is -0.667. The van der Waals surface area contributed by atoms with E-state index in [1.807, 2.05) is 25.3 Å². The number of nitrogens with one attached hydrogen (secondary N) is 1. The van der Waals surface area contributed by atoms with Crippen LogP contribution in [0.25, 0.3) is 0 Å². The smallest absolute Gasteiger partial charge is 0.341 e. The van der Waals surface area contributed by atoms with E-state index >= 15 is 0 Å². The molecule has 0 aliphatic carbocycles. The highest BCUT2D eigenvalue weighted by Gasteiger charge is 2.25. The standard InChI is InChI=1S/C17H23N5O4S2/c1-6-22-14(8(2)3)20-21-17(22)27-7-10(23)19-15-11(16(25)26-5)9(4)12(28-15)13(18)24/h8H,6-7H2,1-5H3,(H2,18,24)(H,19,23). The van der Waals surface area contributed by atoms with Crippen molar-refractivity contribution in [2.45, 2.75) is 45.3 Å². The zero-order valence-electron chi connectivity index (χ0n) is 16.4. The maximum atomic E-state index is 12.4. The number of nitrogens with zero attached hydrogens (tertiary/aromatic N) is 3. The molecule has 11 heteroatoms. The van der Waals surface area contributed by atoms with Crippen LogP contribution in [0.3, 0.4) is 0 Å². The van der Waals surface area contributed by atoms with Crippen molar-refractivity contribution < 1.29 is 19.1 Å². The maximum absolute atomic E-state index is 12.4. The molecule has 0 saturated carbocycles. The SMILES string of the molecule is CCn1c(SCC(=O)Nc2sc(C(N)=O)c(C)c2C(=O)OC)nnc1C(C)C. The molecule has 0 aliphatic heterocycles. The molecule has 28 heavy (non-hydrogen) atoms. The Labute approximate surface area is 171 Å². The molecule has 3 N–H and O–H groups in total. The molecule has 9 nitrogen and oxygen atoms in total. The van der Waals surface area contributed by atoms with Crippen LogP contribution in [0, 0.1) is 6.92 Å². The number of aromatic nitrogens is 3. The molecule has 0 unspecified atom stereocenters. The molecule has 0 fully saturated rings. The van der Waals surface area contributed by atoms with Crippen molar-refractivity contribution in [2.24, 2.45) is 5.73 Å². The van der Waals surface area contributed by atoms with Crippen LogP contribution in [0.15, 0.2) is 5.16 Å². The lowest BCUT2D eigenvalue weighted by Crippen LogP contribution is -2.16. The number of carbonyl (C=O) groups is 3. The molecule has 0 aliphatic rings. The van der Waals surface area contributed by atoms with Gasteiger partial charge in [-0.2, -0.15) is 0 Å². The van der Waals surface area contributed by atoms with Crippen LogP contribution in [0.2, 0.25) is 0 Å². The Morgan fingerprint density at radius 2 is 2.00 bits per heavy atom. The number of primary amides is 1. The van der Waals surface area contributed by atoms with Gasteiger partial charge in [-0.15, -0.1) is 21.5 Å². The average Bonchev–Trinajstić information content (AvgIpc) is 3.20. The first-order valence-corrected chi connectivity index (χ1v) is 10.4. The summed E-state index contributed by atoms with van der Waals surface area (Å²) in [5.74, 6) is -0.502. The monoisotopic (exact) mass is 425 g/mol. The van der Waals surface area contributed by atoms with Gasteiger partial charge in [0.05, 0.1) is 23.3 Å². The highest BCUT2D eigenvalue weighted by atomic mass is 32.2. The Bertz CT molecular complexity index is 904.